The van der Waals surface area contributed by atoms with Crippen LogP contribution in [0.25, 0.3) is 0 Å². The zero-order valence-corrected chi connectivity index (χ0v) is 10.1. The number of aliphatic hydroxyl groups excluding tert-OH is 1. The minimum Gasteiger partial charge on any atom is -0.396 e. The lowest BCUT2D eigenvalue weighted by molar-refractivity contribution is 0.278. The summed E-state index contributed by atoms with van der Waals surface area (Å²) in [6.07, 6.45) is 3.38. The van der Waals surface area contributed by atoms with E-state index < -0.39 is 0 Å². The summed E-state index contributed by atoms with van der Waals surface area (Å²) < 4.78 is 0. The van der Waals surface area contributed by atoms with Crippen molar-refractivity contribution in [1.29, 1.82) is 0 Å². The second kappa shape index (κ2) is 5.99. The summed E-state index contributed by atoms with van der Waals surface area (Å²) in [6.45, 7) is 4.91. The van der Waals surface area contributed by atoms with Gasteiger partial charge in [-0.05, 0) is 36.9 Å². The van der Waals surface area contributed by atoms with E-state index in [4.69, 9.17) is 10.8 Å². The molecule has 84 valence electrons. The quantitative estimate of drug-likeness (QED) is 0.707. The maximum absolute atomic E-state index is 8.73. The molecule has 4 atom stereocenters. The van der Waals surface area contributed by atoms with Gasteiger partial charge >= 0.3 is 0 Å². The van der Waals surface area contributed by atoms with E-state index in [1.807, 2.05) is 11.8 Å². The van der Waals surface area contributed by atoms with Gasteiger partial charge in [-0.15, -0.1) is 0 Å². The van der Waals surface area contributed by atoms with Crippen molar-refractivity contribution in [3.8, 4) is 0 Å². The van der Waals surface area contributed by atoms with Crippen molar-refractivity contribution in [3.63, 3.8) is 0 Å². The van der Waals surface area contributed by atoms with Crippen molar-refractivity contribution in [3.05, 3.63) is 0 Å². The molecule has 4 unspecified atom stereocenters. The van der Waals surface area contributed by atoms with Crippen molar-refractivity contribution < 1.29 is 5.11 Å². The fourth-order valence-electron chi connectivity index (χ4n) is 2.46. The van der Waals surface area contributed by atoms with E-state index in [0.29, 0.717) is 17.9 Å². The van der Waals surface area contributed by atoms with Gasteiger partial charge in [0, 0.05) is 17.9 Å². The van der Waals surface area contributed by atoms with E-state index in [1.54, 1.807) is 0 Å². The van der Waals surface area contributed by atoms with Crippen LogP contribution in [0, 0.1) is 11.8 Å². The molecule has 2 nitrogen and oxygen atoms in total. The van der Waals surface area contributed by atoms with Gasteiger partial charge in [-0.3, -0.25) is 0 Å². The molecule has 1 aliphatic carbocycles. The van der Waals surface area contributed by atoms with Crippen molar-refractivity contribution in [2.24, 2.45) is 17.6 Å². The van der Waals surface area contributed by atoms with Gasteiger partial charge in [-0.2, -0.15) is 11.8 Å². The molecule has 0 aliphatic heterocycles. The minimum absolute atomic E-state index is 0.305. The number of aliphatic hydroxyl groups is 1. The van der Waals surface area contributed by atoms with Gasteiger partial charge in [-0.1, -0.05) is 13.8 Å². The molecule has 0 aromatic rings. The highest BCUT2D eigenvalue weighted by atomic mass is 32.2. The first-order valence-electron chi connectivity index (χ1n) is 5.63. The first-order chi connectivity index (χ1) is 6.65. The molecule has 0 aromatic carbocycles. The first kappa shape index (κ1) is 12.3. The molecule has 3 N–H and O–H groups in total. The predicted octanol–water partition coefficient (Wildman–Crippen LogP) is 1.86. The molecule has 1 aliphatic rings. The third-order valence-corrected chi connectivity index (χ3v) is 4.77. The highest BCUT2D eigenvalue weighted by Crippen LogP contribution is 2.35. The Bertz CT molecular complexity index is 153. The molecular formula is C11H23NOS. The van der Waals surface area contributed by atoms with Crippen LogP contribution in [0.15, 0.2) is 0 Å². The molecule has 0 aromatic heterocycles. The molecule has 0 saturated heterocycles. The Morgan fingerprint density at radius 3 is 2.64 bits per heavy atom. The van der Waals surface area contributed by atoms with E-state index in [9.17, 15) is 0 Å². The monoisotopic (exact) mass is 217 g/mol. The van der Waals surface area contributed by atoms with Gasteiger partial charge < -0.3 is 10.8 Å². The predicted molar refractivity (Wildman–Crippen MR) is 63.5 cm³/mol. The maximum Gasteiger partial charge on any atom is 0.0438 e. The summed E-state index contributed by atoms with van der Waals surface area (Å²) in [5.41, 5.74) is 6.16. The van der Waals surface area contributed by atoms with Crippen LogP contribution < -0.4 is 5.73 Å². The molecule has 1 fully saturated rings. The van der Waals surface area contributed by atoms with Gasteiger partial charge in [0.2, 0.25) is 0 Å². The van der Waals surface area contributed by atoms with Crippen LogP contribution in [0.3, 0.4) is 0 Å². The summed E-state index contributed by atoms with van der Waals surface area (Å²) >= 11 is 1.96. The van der Waals surface area contributed by atoms with Crippen LogP contribution in [-0.2, 0) is 0 Å². The molecule has 0 heterocycles. The SMILES string of the molecule is CC1CC(C)C(SCCCO)C(N)C1. The molecule has 0 amide bonds. The highest BCUT2D eigenvalue weighted by molar-refractivity contribution is 7.99. The van der Waals surface area contributed by atoms with E-state index in [1.165, 1.54) is 12.8 Å². The van der Waals surface area contributed by atoms with Crippen LogP contribution in [0.1, 0.15) is 33.1 Å². The Kier molecular flexibility index (Phi) is 5.28. The van der Waals surface area contributed by atoms with Gasteiger partial charge in [0.05, 0.1) is 0 Å². The van der Waals surface area contributed by atoms with Gasteiger partial charge in [0.1, 0.15) is 0 Å². The summed E-state index contributed by atoms with van der Waals surface area (Å²) in [4.78, 5) is 0. The summed E-state index contributed by atoms with van der Waals surface area (Å²) in [5.74, 6) is 2.57. The number of hydrogen-bond acceptors (Lipinski definition) is 3. The average molecular weight is 217 g/mol. The fraction of sp³-hybridized carbons (Fsp3) is 1.00. The molecular weight excluding hydrogens is 194 g/mol. The third-order valence-electron chi connectivity index (χ3n) is 3.04. The molecule has 1 saturated carbocycles. The van der Waals surface area contributed by atoms with Gasteiger partial charge in [-0.25, -0.2) is 0 Å². The summed E-state index contributed by atoms with van der Waals surface area (Å²) in [7, 11) is 0. The Hall–Kier alpha value is 0.270. The standard InChI is InChI=1S/C11H23NOS/c1-8-6-9(2)11(10(12)7-8)14-5-3-4-13/h8-11,13H,3-7,12H2,1-2H3. The van der Waals surface area contributed by atoms with Gasteiger partial charge in [0.25, 0.3) is 0 Å². The van der Waals surface area contributed by atoms with E-state index in [2.05, 4.69) is 13.8 Å². The number of thioether (sulfide) groups is 1. The lowest BCUT2D eigenvalue weighted by atomic mass is 9.80. The number of nitrogens with two attached hydrogens (primary N) is 1. The van der Waals surface area contributed by atoms with Crippen molar-refractivity contribution in [2.45, 2.75) is 44.4 Å². The Morgan fingerprint density at radius 2 is 2.07 bits per heavy atom. The van der Waals surface area contributed by atoms with Gasteiger partial charge in [0.15, 0.2) is 0 Å². The second-order valence-electron chi connectivity index (χ2n) is 4.63. The lowest BCUT2D eigenvalue weighted by Gasteiger charge is -2.37. The fourth-order valence-corrected chi connectivity index (χ4v) is 3.82. The average Bonchev–Trinajstić information content (AvgIpc) is 2.09. The Morgan fingerprint density at radius 1 is 1.36 bits per heavy atom. The van der Waals surface area contributed by atoms with Crippen LogP contribution in [0.5, 0.6) is 0 Å². The van der Waals surface area contributed by atoms with Crippen LogP contribution in [0.2, 0.25) is 0 Å². The largest absolute Gasteiger partial charge is 0.396 e. The topological polar surface area (TPSA) is 46.2 Å². The zero-order valence-electron chi connectivity index (χ0n) is 9.28. The number of rotatable bonds is 4. The molecule has 0 spiro atoms. The number of hydrogen-bond donors (Lipinski definition) is 2. The zero-order chi connectivity index (χ0) is 10.6. The smallest absolute Gasteiger partial charge is 0.0438 e. The maximum atomic E-state index is 8.73. The first-order valence-corrected chi connectivity index (χ1v) is 6.68. The normalized spacial score (nSPS) is 38.6. The minimum atomic E-state index is 0.305. The summed E-state index contributed by atoms with van der Waals surface area (Å²) in [6, 6.07) is 0.359. The van der Waals surface area contributed by atoms with Crippen LogP contribution in [0.4, 0.5) is 0 Å². The lowest BCUT2D eigenvalue weighted by Crippen LogP contribution is -2.43. The van der Waals surface area contributed by atoms with E-state index in [-0.39, 0.29) is 0 Å². The van der Waals surface area contributed by atoms with E-state index >= 15 is 0 Å². The second-order valence-corrected chi connectivity index (χ2v) is 5.92. The molecule has 14 heavy (non-hydrogen) atoms. The Balaban J connectivity index is 2.34. The summed E-state index contributed by atoms with van der Waals surface area (Å²) in [5, 5.41) is 9.33. The highest BCUT2D eigenvalue weighted by Gasteiger charge is 2.31. The molecule has 1 rings (SSSR count). The van der Waals surface area contributed by atoms with Crippen molar-refractivity contribution in [2.75, 3.05) is 12.4 Å². The van der Waals surface area contributed by atoms with Crippen molar-refractivity contribution in [1.82, 2.24) is 0 Å². The van der Waals surface area contributed by atoms with Crippen molar-refractivity contribution >= 4 is 11.8 Å². The third kappa shape index (κ3) is 3.44. The van der Waals surface area contributed by atoms with Crippen LogP contribution >= 0.6 is 11.8 Å². The molecule has 3 heteroatoms. The Labute approximate surface area is 91.6 Å². The molecule has 0 bridgehead atoms. The molecule has 0 radical (unpaired) electrons. The van der Waals surface area contributed by atoms with E-state index in [0.717, 1.165) is 24.0 Å². The van der Waals surface area contributed by atoms with Crippen LogP contribution in [-0.4, -0.2) is 28.8 Å².